The van der Waals surface area contributed by atoms with Crippen LogP contribution in [0.3, 0.4) is 0 Å². The Morgan fingerprint density at radius 2 is 1.66 bits per heavy atom. The van der Waals surface area contributed by atoms with Gasteiger partial charge in [0.05, 0.1) is 0 Å². The van der Waals surface area contributed by atoms with E-state index in [1.165, 1.54) is 24.1 Å². The Hall–Kier alpha value is -3.61. The van der Waals surface area contributed by atoms with Gasteiger partial charge in [0.1, 0.15) is 6.61 Å². The number of alkyl carbamates (subject to hydrolysis) is 1. The van der Waals surface area contributed by atoms with E-state index >= 15 is 0 Å². The number of benzene rings is 2. The Morgan fingerprint density at radius 3 is 2.28 bits per heavy atom. The minimum absolute atomic E-state index is 0.00918. The minimum atomic E-state index is -1.00. The summed E-state index contributed by atoms with van der Waals surface area (Å²) in [5.74, 6) is -1.22. The van der Waals surface area contributed by atoms with Crippen LogP contribution in [0.4, 0.5) is 4.79 Å². The van der Waals surface area contributed by atoms with Gasteiger partial charge in [0.15, 0.2) is 0 Å². The van der Waals surface area contributed by atoms with Gasteiger partial charge < -0.3 is 20.5 Å². The molecule has 2 amide bonds. The van der Waals surface area contributed by atoms with E-state index in [1.807, 2.05) is 24.3 Å². The SMILES string of the molecule is C/C(=C\CNC(=O)C1CC1CNC(=O)OCC1c2ccccc2-c2ccccc21)C(=O)O. The van der Waals surface area contributed by atoms with Crippen LogP contribution in [0, 0.1) is 11.8 Å². The summed E-state index contributed by atoms with van der Waals surface area (Å²) < 4.78 is 5.51. The summed E-state index contributed by atoms with van der Waals surface area (Å²) >= 11 is 0. The van der Waals surface area contributed by atoms with Gasteiger partial charge >= 0.3 is 12.1 Å². The minimum Gasteiger partial charge on any atom is -0.478 e. The topological polar surface area (TPSA) is 105 Å². The van der Waals surface area contributed by atoms with Gasteiger partial charge in [-0.2, -0.15) is 0 Å². The van der Waals surface area contributed by atoms with E-state index in [4.69, 9.17) is 9.84 Å². The number of hydrogen-bond acceptors (Lipinski definition) is 4. The molecule has 3 N–H and O–H groups in total. The highest BCUT2D eigenvalue weighted by atomic mass is 16.5. The first-order chi connectivity index (χ1) is 15.5. The number of carbonyl (C=O) groups is 3. The molecule has 7 heteroatoms. The first kappa shape index (κ1) is 21.6. The van der Waals surface area contributed by atoms with Gasteiger partial charge in [-0.25, -0.2) is 9.59 Å². The van der Waals surface area contributed by atoms with E-state index in [-0.39, 0.29) is 42.4 Å². The highest BCUT2D eigenvalue weighted by Gasteiger charge is 2.42. The molecule has 7 nitrogen and oxygen atoms in total. The molecule has 0 bridgehead atoms. The zero-order valence-electron chi connectivity index (χ0n) is 17.8. The summed E-state index contributed by atoms with van der Waals surface area (Å²) in [5, 5.41) is 14.3. The average molecular weight is 434 g/mol. The van der Waals surface area contributed by atoms with Crippen LogP contribution >= 0.6 is 0 Å². The molecule has 2 aliphatic rings. The largest absolute Gasteiger partial charge is 0.478 e. The fourth-order valence-corrected chi connectivity index (χ4v) is 4.18. The fraction of sp³-hybridized carbons (Fsp3) is 0.320. The van der Waals surface area contributed by atoms with Crippen molar-refractivity contribution in [2.75, 3.05) is 19.7 Å². The van der Waals surface area contributed by atoms with Gasteiger partial charge in [0, 0.05) is 30.5 Å². The van der Waals surface area contributed by atoms with Crippen LogP contribution in [0.25, 0.3) is 11.1 Å². The number of aliphatic carboxylic acids is 1. The summed E-state index contributed by atoms with van der Waals surface area (Å²) in [5.41, 5.74) is 4.87. The fourth-order valence-electron chi connectivity index (χ4n) is 4.18. The maximum atomic E-state index is 12.2. The molecule has 1 saturated carbocycles. The smallest absolute Gasteiger partial charge is 0.407 e. The van der Waals surface area contributed by atoms with E-state index in [0.29, 0.717) is 13.0 Å². The lowest BCUT2D eigenvalue weighted by Gasteiger charge is -2.14. The second kappa shape index (κ2) is 9.26. The molecule has 0 aliphatic heterocycles. The van der Waals surface area contributed by atoms with Gasteiger partial charge in [-0.15, -0.1) is 0 Å². The van der Waals surface area contributed by atoms with E-state index < -0.39 is 12.1 Å². The standard InChI is InChI=1S/C25H26N2O5/c1-15(24(29)30)10-11-26-23(28)21-12-16(21)13-27-25(31)32-14-22-19-8-4-2-6-17(19)18-7-3-5-9-20(18)22/h2-10,16,21-22H,11-14H2,1H3,(H,26,28)(H,27,31)(H,29,30)/b15-10+. The Kier molecular flexibility index (Phi) is 6.25. The lowest BCUT2D eigenvalue weighted by atomic mass is 9.98. The normalized spacial score (nSPS) is 19.0. The number of ether oxygens (including phenoxy) is 1. The number of rotatable bonds is 8. The first-order valence-electron chi connectivity index (χ1n) is 10.7. The van der Waals surface area contributed by atoms with Crippen LogP contribution in [0.1, 0.15) is 30.4 Å². The van der Waals surface area contributed by atoms with Crippen LogP contribution in [0.5, 0.6) is 0 Å². The predicted molar refractivity (Wildman–Crippen MR) is 119 cm³/mol. The molecule has 0 aromatic heterocycles. The van der Waals surface area contributed by atoms with E-state index in [2.05, 4.69) is 34.9 Å². The highest BCUT2D eigenvalue weighted by Crippen LogP contribution is 2.44. The molecular formula is C25H26N2O5. The third-order valence-electron chi connectivity index (χ3n) is 6.13. The second-order valence-electron chi connectivity index (χ2n) is 8.25. The van der Waals surface area contributed by atoms with Crippen molar-refractivity contribution >= 4 is 18.0 Å². The molecule has 2 atom stereocenters. The van der Waals surface area contributed by atoms with E-state index in [1.54, 1.807) is 0 Å². The van der Waals surface area contributed by atoms with Gasteiger partial charge in [0.25, 0.3) is 0 Å². The maximum absolute atomic E-state index is 12.2. The van der Waals surface area contributed by atoms with E-state index in [0.717, 1.165) is 11.1 Å². The molecule has 2 aromatic rings. The second-order valence-corrected chi connectivity index (χ2v) is 8.25. The molecule has 2 aromatic carbocycles. The monoisotopic (exact) mass is 434 g/mol. The molecule has 0 saturated heterocycles. The Bertz CT molecular complexity index is 1030. The zero-order chi connectivity index (χ0) is 22.7. The Morgan fingerprint density at radius 1 is 1.03 bits per heavy atom. The molecule has 2 aliphatic carbocycles. The zero-order valence-corrected chi connectivity index (χ0v) is 17.8. The van der Waals surface area contributed by atoms with Crippen molar-refractivity contribution in [3.8, 4) is 11.1 Å². The summed E-state index contributed by atoms with van der Waals surface area (Å²) in [6, 6.07) is 16.3. The Labute approximate surface area is 186 Å². The number of hydrogen-bond donors (Lipinski definition) is 3. The summed E-state index contributed by atoms with van der Waals surface area (Å²) in [6.45, 7) is 2.29. The number of carboxylic acids is 1. The van der Waals surface area contributed by atoms with Crippen molar-refractivity contribution in [2.24, 2.45) is 11.8 Å². The van der Waals surface area contributed by atoms with E-state index in [9.17, 15) is 14.4 Å². The number of amides is 2. The maximum Gasteiger partial charge on any atom is 0.407 e. The average Bonchev–Trinajstić information content (AvgIpc) is 3.51. The van der Waals surface area contributed by atoms with Crippen molar-refractivity contribution in [3.63, 3.8) is 0 Å². The lowest BCUT2D eigenvalue weighted by molar-refractivity contribution is -0.132. The molecule has 32 heavy (non-hydrogen) atoms. The van der Waals surface area contributed by atoms with Crippen molar-refractivity contribution in [3.05, 3.63) is 71.3 Å². The highest BCUT2D eigenvalue weighted by molar-refractivity contribution is 5.86. The molecular weight excluding hydrogens is 408 g/mol. The number of carboxylic acid groups (broad SMARTS) is 1. The van der Waals surface area contributed by atoms with Crippen molar-refractivity contribution in [1.29, 1.82) is 0 Å². The summed E-state index contributed by atoms with van der Waals surface area (Å²) in [6.07, 6.45) is 1.67. The summed E-state index contributed by atoms with van der Waals surface area (Å²) in [4.78, 5) is 35.1. The van der Waals surface area contributed by atoms with Gasteiger partial charge in [-0.05, 0) is 41.5 Å². The Balaban J connectivity index is 1.22. The lowest BCUT2D eigenvalue weighted by Crippen LogP contribution is -2.30. The van der Waals surface area contributed by atoms with Gasteiger partial charge in [-0.3, -0.25) is 4.79 Å². The number of fused-ring (bicyclic) bond motifs is 3. The van der Waals surface area contributed by atoms with Crippen LogP contribution in [-0.4, -0.2) is 42.8 Å². The molecule has 0 radical (unpaired) electrons. The van der Waals surface area contributed by atoms with Gasteiger partial charge in [-0.1, -0.05) is 54.6 Å². The predicted octanol–water partition coefficient (Wildman–Crippen LogP) is 3.31. The summed E-state index contributed by atoms with van der Waals surface area (Å²) in [7, 11) is 0. The molecule has 1 fully saturated rings. The first-order valence-corrected chi connectivity index (χ1v) is 10.7. The van der Waals surface area contributed by atoms with Crippen molar-refractivity contribution < 1.29 is 24.2 Å². The van der Waals surface area contributed by atoms with Crippen LogP contribution in [-0.2, 0) is 14.3 Å². The van der Waals surface area contributed by atoms with Crippen LogP contribution in [0.15, 0.2) is 60.2 Å². The number of nitrogens with one attached hydrogen (secondary N) is 2. The number of carbonyl (C=O) groups excluding carboxylic acids is 2. The molecule has 0 heterocycles. The molecule has 2 unspecified atom stereocenters. The molecule has 4 rings (SSSR count). The van der Waals surface area contributed by atoms with Gasteiger partial charge in [0.2, 0.25) is 5.91 Å². The van der Waals surface area contributed by atoms with Crippen LogP contribution in [0.2, 0.25) is 0 Å². The molecule has 0 spiro atoms. The van der Waals surface area contributed by atoms with Crippen molar-refractivity contribution in [2.45, 2.75) is 19.3 Å². The van der Waals surface area contributed by atoms with Crippen LogP contribution < -0.4 is 10.6 Å². The third-order valence-corrected chi connectivity index (χ3v) is 6.13. The third kappa shape index (κ3) is 4.66. The van der Waals surface area contributed by atoms with Crippen molar-refractivity contribution in [1.82, 2.24) is 10.6 Å². The quantitative estimate of drug-likeness (QED) is 0.553. The molecule has 166 valence electrons.